The van der Waals surface area contributed by atoms with E-state index in [4.69, 9.17) is 18.9 Å². The Morgan fingerprint density at radius 1 is 0.493 bits per heavy atom. The van der Waals surface area contributed by atoms with Crippen LogP contribution < -0.4 is 5.32 Å². The Balaban J connectivity index is 1.77. The zero-order valence-electron chi connectivity index (χ0n) is 45.6. The first-order valence-electron chi connectivity index (χ1n) is 29.4. The molecule has 0 spiro atoms. The molecule has 73 heavy (non-hydrogen) atoms. The summed E-state index contributed by atoms with van der Waals surface area (Å²) < 4.78 is 22.7. The van der Waals surface area contributed by atoms with E-state index in [0.29, 0.717) is 12.8 Å². The summed E-state index contributed by atoms with van der Waals surface area (Å²) in [7, 11) is 0. The van der Waals surface area contributed by atoms with Gasteiger partial charge in [0.2, 0.25) is 5.91 Å². The number of aliphatic hydroxyl groups excluding tert-OH is 8. The van der Waals surface area contributed by atoms with Gasteiger partial charge in [-0.25, -0.2) is 0 Å². The lowest BCUT2D eigenvalue weighted by Gasteiger charge is -2.46. The molecule has 0 aromatic rings. The molecule has 2 saturated heterocycles. The van der Waals surface area contributed by atoms with Crippen LogP contribution in [0.2, 0.25) is 0 Å². The lowest BCUT2D eigenvalue weighted by Crippen LogP contribution is -2.65. The summed E-state index contributed by atoms with van der Waals surface area (Å²) >= 11 is 0. The van der Waals surface area contributed by atoms with Crippen molar-refractivity contribution >= 4 is 5.91 Å². The minimum absolute atomic E-state index is 0.256. The molecule has 0 aliphatic carbocycles. The molecule has 2 fully saturated rings. The topological polar surface area (TPSA) is 228 Å². The van der Waals surface area contributed by atoms with Gasteiger partial charge < -0.3 is 65.1 Å². The molecular formula is C59H107NO13. The fraction of sp³-hybridized carbons (Fsp3) is 0.847. The van der Waals surface area contributed by atoms with Gasteiger partial charge in [-0.3, -0.25) is 4.79 Å². The molecule has 1 amide bonds. The zero-order valence-corrected chi connectivity index (χ0v) is 45.6. The van der Waals surface area contributed by atoms with Crippen molar-refractivity contribution in [1.29, 1.82) is 0 Å². The molecular weight excluding hydrogens is 931 g/mol. The van der Waals surface area contributed by atoms with Gasteiger partial charge in [-0.15, -0.1) is 0 Å². The van der Waals surface area contributed by atoms with Gasteiger partial charge in [0.1, 0.15) is 48.8 Å². The van der Waals surface area contributed by atoms with Gasteiger partial charge in [0.05, 0.1) is 32.0 Å². The molecule has 2 aliphatic heterocycles. The number of rotatable bonds is 46. The average Bonchev–Trinajstić information content (AvgIpc) is 3.39. The van der Waals surface area contributed by atoms with Crippen LogP contribution in [0.15, 0.2) is 48.6 Å². The Morgan fingerprint density at radius 2 is 0.932 bits per heavy atom. The Morgan fingerprint density at radius 3 is 1.47 bits per heavy atom. The number of allylic oxidation sites excluding steroid dienone is 7. The summed E-state index contributed by atoms with van der Waals surface area (Å²) in [6.45, 7) is 2.73. The van der Waals surface area contributed by atoms with Gasteiger partial charge in [-0.2, -0.15) is 0 Å². The maximum Gasteiger partial charge on any atom is 0.220 e. The number of amides is 1. The van der Waals surface area contributed by atoms with E-state index in [-0.39, 0.29) is 18.9 Å². The van der Waals surface area contributed by atoms with Crippen molar-refractivity contribution in [3.63, 3.8) is 0 Å². The summed E-state index contributed by atoms with van der Waals surface area (Å²) in [6, 6.07) is -0.939. The highest BCUT2D eigenvalue weighted by Gasteiger charge is 2.51. The van der Waals surface area contributed by atoms with Crippen molar-refractivity contribution in [2.45, 2.75) is 299 Å². The van der Waals surface area contributed by atoms with Crippen LogP contribution in [0.25, 0.3) is 0 Å². The van der Waals surface area contributed by atoms with Crippen LogP contribution in [0, 0.1) is 0 Å². The first-order chi connectivity index (χ1) is 35.6. The summed E-state index contributed by atoms with van der Waals surface area (Å²) in [5.41, 5.74) is 0. The van der Waals surface area contributed by atoms with Crippen molar-refractivity contribution in [2.24, 2.45) is 0 Å². The number of aliphatic hydroxyl groups is 8. The highest BCUT2D eigenvalue weighted by Crippen LogP contribution is 2.30. The molecule has 2 aliphatic rings. The molecule has 12 unspecified atom stereocenters. The summed E-state index contributed by atoms with van der Waals surface area (Å²) in [5, 5.41) is 87.0. The van der Waals surface area contributed by atoms with Gasteiger partial charge in [0.15, 0.2) is 12.6 Å². The molecule has 0 saturated carbocycles. The fourth-order valence-corrected chi connectivity index (χ4v) is 9.44. The zero-order chi connectivity index (χ0) is 53.2. The van der Waals surface area contributed by atoms with Crippen LogP contribution >= 0.6 is 0 Å². The van der Waals surface area contributed by atoms with Crippen LogP contribution in [0.3, 0.4) is 0 Å². The standard InChI is InChI=1S/C59H107NO13/c1-3-5-7-9-11-13-15-17-19-20-21-22-23-24-25-26-27-28-29-30-32-34-36-38-40-42-48(63)47(60-51(64)43-41-39-37-35-33-31-18-16-14-12-10-8-6-4-2)46-70-58-56(69)54(67)57(50(45-62)72-58)73-59-55(68)53(66)52(65)49(44-61)71-59/h10,12,16,18,32,34,40,42,47-50,52-59,61-63,65-69H,3-9,11,13-15,17,19-31,33,35-39,41,43-46H2,1-2H3,(H,60,64)/b12-10-,18-16-,34-32+,42-40+. The van der Waals surface area contributed by atoms with Crippen LogP contribution in [0.5, 0.6) is 0 Å². The largest absolute Gasteiger partial charge is 0.394 e. The van der Waals surface area contributed by atoms with Gasteiger partial charge in [-0.05, 0) is 57.8 Å². The van der Waals surface area contributed by atoms with Crippen molar-refractivity contribution < 1.29 is 64.6 Å². The van der Waals surface area contributed by atoms with Crippen molar-refractivity contribution in [2.75, 3.05) is 19.8 Å². The Hall–Kier alpha value is -2.05. The second-order valence-corrected chi connectivity index (χ2v) is 20.8. The van der Waals surface area contributed by atoms with Gasteiger partial charge in [0, 0.05) is 6.42 Å². The minimum Gasteiger partial charge on any atom is -0.394 e. The Kier molecular flexibility index (Phi) is 41.4. The summed E-state index contributed by atoms with van der Waals surface area (Å²) in [5.74, 6) is -0.264. The molecule has 2 heterocycles. The van der Waals surface area contributed by atoms with Crippen molar-refractivity contribution in [3.8, 4) is 0 Å². The molecule has 2 rings (SSSR count). The van der Waals surface area contributed by atoms with E-state index in [1.165, 1.54) is 135 Å². The second kappa shape index (κ2) is 45.0. The average molecular weight is 1040 g/mol. The van der Waals surface area contributed by atoms with E-state index >= 15 is 0 Å². The molecule has 0 radical (unpaired) electrons. The Bertz CT molecular complexity index is 1410. The number of carbonyl (C=O) groups excluding carboxylic acids is 1. The third kappa shape index (κ3) is 31.1. The molecule has 14 heteroatoms. The van der Waals surface area contributed by atoms with E-state index in [1.807, 2.05) is 6.08 Å². The first-order valence-corrected chi connectivity index (χ1v) is 29.4. The SMILES string of the molecule is CCCC/C=C\C/C=C\CCCCCCCC(=O)NC(COC1OC(CO)C(OC2OC(CO)C(O)C(O)C2O)C(O)C1O)C(O)/C=C/CC/C=C/CCCCCCCCCCCCCCCCCCCCC. The molecule has 9 N–H and O–H groups in total. The summed E-state index contributed by atoms with van der Waals surface area (Å²) in [6.07, 6.45) is 38.8. The van der Waals surface area contributed by atoms with E-state index < -0.39 is 86.8 Å². The monoisotopic (exact) mass is 1040 g/mol. The maximum absolute atomic E-state index is 13.2. The third-order valence-electron chi connectivity index (χ3n) is 14.2. The number of ether oxygens (including phenoxy) is 4. The lowest BCUT2D eigenvalue weighted by molar-refractivity contribution is -0.359. The lowest BCUT2D eigenvalue weighted by atomic mass is 9.97. The van der Waals surface area contributed by atoms with Gasteiger partial charge >= 0.3 is 0 Å². The molecule has 12 atom stereocenters. The van der Waals surface area contributed by atoms with Crippen molar-refractivity contribution in [3.05, 3.63) is 48.6 Å². The predicted molar refractivity (Wildman–Crippen MR) is 291 cm³/mol. The highest BCUT2D eigenvalue weighted by atomic mass is 16.7. The van der Waals surface area contributed by atoms with E-state index in [2.05, 4.69) is 55.6 Å². The molecule has 426 valence electrons. The molecule has 0 bridgehead atoms. The van der Waals surface area contributed by atoms with Crippen LogP contribution in [-0.2, 0) is 23.7 Å². The smallest absolute Gasteiger partial charge is 0.220 e. The number of carbonyl (C=O) groups is 1. The van der Waals surface area contributed by atoms with Crippen LogP contribution in [0.4, 0.5) is 0 Å². The van der Waals surface area contributed by atoms with E-state index in [0.717, 1.165) is 57.8 Å². The predicted octanol–water partition coefficient (Wildman–Crippen LogP) is 9.61. The third-order valence-corrected chi connectivity index (χ3v) is 14.2. The Labute approximate surface area is 442 Å². The highest BCUT2D eigenvalue weighted by molar-refractivity contribution is 5.76. The maximum atomic E-state index is 13.2. The number of unbranched alkanes of at least 4 members (excludes halogenated alkanes) is 27. The molecule has 14 nitrogen and oxygen atoms in total. The van der Waals surface area contributed by atoms with Crippen molar-refractivity contribution in [1.82, 2.24) is 5.32 Å². The quantitative estimate of drug-likeness (QED) is 0.0205. The number of hydrogen-bond acceptors (Lipinski definition) is 13. The normalized spacial score (nSPS) is 25.7. The van der Waals surface area contributed by atoms with Crippen LogP contribution in [0.1, 0.15) is 226 Å². The first kappa shape index (κ1) is 67.1. The molecule has 0 aromatic carbocycles. The van der Waals surface area contributed by atoms with E-state index in [1.54, 1.807) is 6.08 Å². The summed E-state index contributed by atoms with van der Waals surface area (Å²) in [4.78, 5) is 13.2. The van der Waals surface area contributed by atoms with Crippen LogP contribution in [-0.4, -0.2) is 140 Å². The number of nitrogens with one attached hydrogen (secondary N) is 1. The number of hydrogen-bond donors (Lipinski definition) is 9. The minimum atomic E-state index is -1.79. The molecule has 0 aromatic heterocycles. The van der Waals surface area contributed by atoms with Gasteiger partial charge in [-0.1, -0.05) is 210 Å². The van der Waals surface area contributed by atoms with Gasteiger partial charge in [0.25, 0.3) is 0 Å². The van der Waals surface area contributed by atoms with E-state index in [9.17, 15) is 45.6 Å². The second-order valence-electron chi connectivity index (χ2n) is 20.8. The fourth-order valence-electron chi connectivity index (χ4n) is 9.44.